The van der Waals surface area contributed by atoms with Gasteiger partial charge in [-0.05, 0) is 50.5 Å². The molecule has 0 radical (unpaired) electrons. The summed E-state index contributed by atoms with van der Waals surface area (Å²) < 4.78 is 10.7. The topological polar surface area (TPSA) is 68.5 Å². The lowest BCUT2D eigenvalue weighted by Crippen LogP contribution is -2.38. The first-order chi connectivity index (χ1) is 13.7. The Balaban J connectivity index is 1.58. The van der Waals surface area contributed by atoms with Crippen LogP contribution in [-0.4, -0.2) is 34.6 Å². The maximum Gasteiger partial charge on any atom is 0.254 e. The lowest BCUT2D eigenvalue weighted by atomic mass is 10.0. The highest BCUT2D eigenvalue weighted by Gasteiger charge is 2.32. The summed E-state index contributed by atoms with van der Waals surface area (Å²) >= 11 is 0. The number of piperidine rings is 1. The van der Waals surface area contributed by atoms with Gasteiger partial charge in [-0.2, -0.15) is 4.98 Å². The molecule has 1 atom stereocenters. The molecule has 3 aromatic rings. The van der Waals surface area contributed by atoms with Crippen LogP contribution in [0.2, 0.25) is 0 Å². The van der Waals surface area contributed by atoms with Crippen molar-refractivity contribution in [1.82, 2.24) is 15.0 Å². The van der Waals surface area contributed by atoms with Crippen LogP contribution in [0.4, 0.5) is 0 Å². The van der Waals surface area contributed by atoms with E-state index in [2.05, 4.69) is 10.1 Å². The van der Waals surface area contributed by atoms with Gasteiger partial charge in [-0.1, -0.05) is 35.0 Å². The average molecular weight is 377 g/mol. The lowest BCUT2D eigenvalue weighted by Gasteiger charge is -2.33. The predicted molar refractivity (Wildman–Crippen MR) is 105 cm³/mol. The molecule has 1 aliphatic rings. The molecule has 0 saturated carbocycles. The van der Waals surface area contributed by atoms with Gasteiger partial charge in [0.2, 0.25) is 11.7 Å². The minimum absolute atomic E-state index is 0.0255. The quantitative estimate of drug-likeness (QED) is 0.673. The minimum Gasteiger partial charge on any atom is -0.497 e. The number of hydrogen-bond donors (Lipinski definition) is 0. The first-order valence-corrected chi connectivity index (χ1v) is 9.51. The highest BCUT2D eigenvalue weighted by atomic mass is 16.5. The maximum absolute atomic E-state index is 13.1. The number of methoxy groups -OCH3 is 1. The van der Waals surface area contributed by atoms with Crippen LogP contribution in [0.15, 0.2) is 53.1 Å². The summed E-state index contributed by atoms with van der Waals surface area (Å²) in [6.45, 7) is 2.72. The standard InChI is InChI=1S/C22H23N3O3/c1-15-6-8-16(9-7-15)20-23-21(28-24-20)19-5-3-4-14-25(19)22(26)17-10-12-18(27-2)13-11-17/h6-13,19H,3-5,14H2,1-2H3. The van der Waals surface area contributed by atoms with E-state index in [0.29, 0.717) is 23.8 Å². The van der Waals surface area contributed by atoms with Gasteiger partial charge in [0.05, 0.1) is 7.11 Å². The van der Waals surface area contributed by atoms with Crippen LogP contribution >= 0.6 is 0 Å². The number of benzene rings is 2. The van der Waals surface area contributed by atoms with Crippen molar-refractivity contribution < 1.29 is 14.1 Å². The Hall–Kier alpha value is -3.15. The molecule has 1 aliphatic heterocycles. The Morgan fingerprint density at radius 1 is 1.11 bits per heavy atom. The highest BCUT2D eigenvalue weighted by Crippen LogP contribution is 2.32. The zero-order chi connectivity index (χ0) is 19.5. The third-order valence-corrected chi connectivity index (χ3v) is 5.14. The summed E-state index contributed by atoms with van der Waals surface area (Å²) in [7, 11) is 1.61. The number of ether oxygens (including phenoxy) is 1. The van der Waals surface area contributed by atoms with Crippen molar-refractivity contribution in [3.63, 3.8) is 0 Å². The SMILES string of the molecule is COc1ccc(C(=O)N2CCCCC2c2nc(-c3ccc(C)cc3)no2)cc1. The molecule has 6 nitrogen and oxygen atoms in total. The van der Waals surface area contributed by atoms with Gasteiger partial charge in [0.1, 0.15) is 11.8 Å². The Morgan fingerprint density at radius 3 is 2.57 bits per heavy atom. The molecule has 0 aliphatic carbocycles. The third-order valence-electron chi connectivity index (χ3n) is 5.14. The molecule has 144 valence electrons. The van der Waals surface area contributed by atoms with Crippen molar-refractivity contribution in [3.05, 3.63) is 65.5 Å². The van der Waals surface area contributed by atoms with Crippen molar-refractivity contribution in [2.45, 2.75) is 32.2 Å². The van der Waals surface area contributed by atoms with Gasteiger partial charge in [0.15, 0.2) is 0 Å². The Morgan fingerprint density at radius 2 is 1.86 bits per heavy atom. The minimum atomic E-state index is -0.199. The number of nitrogens with zero attached hydrogens (tertiary/aromatic N) is 3. The molecule has 1 saturated heterocycles. The van der Waals surface area contributed by atoms with Crippen molar-refractivity contribution >= 4 is 5.91 Å². The maximum atomic E-state index is 13.1. The number of amides is 1. The second kappa shape index (κ2) is 7.84. The van der Waals surface area contributed by atoms with E-state index in [9.17, 15) is 4.79 Å². The Labute approximate surface area is 164 Å². The van der Waals surface area contributed by atoms with Gasteiger partial charge in [-0.3, -0.25) is 4.79 Å². The van der Waals surface area contributed by atoms with Crippen molar-refractivity contribution in [2.75, 3.05) is 13.7 Å². The first kappa shape index (κ1) is 18.2. The van der Waals surface area contributed by atoms with E-state index in [-0.39, 0.29) is 11.9 Å². The average Bonchev–Trinajstić information content (AvgIpc) is 3.24. The van der Waals surface area contributed by atoms with E-state index in [4.69, 9.17) is 9.26 Å². The van der Waals surface area contributed by atoms with E-state index in [1.165, 1.54) is 5.56 Å². The predicted octanol–water partition coefficient (Wildman–Crippen LogP) is 4.42. The zero-order valence-electron chi connectivity index (χ0n) is 16.1. The number of aryl methyl sites for hydroxylation is 1. The van der Waals surface area contributed by atoms with Crippen LogP contribution in [-0.2, 0) is 0 Å². The smallest absolute Gasteiger partial charge is 0.254 e. The molecule has 1 amide bonds. The molecule has 6 heteroatoms. The summed E-state index contributed by atoms with van der Waals surface area (Å²) in [4.78, 5) is 19.5. The molecule has 0 N–H and O–H groups in total. The van der Waals surface area contributed by atoms with Crippen molar-refractivity contribution in [3.8, 4) is 17.1 Å². The molecule has 1 unspecified atom stereocenters. The van der Waals surface area contributed by atoms with Gasteiger partial charge < -0.3 is 14.2 Å². The molecule has 0 spiro atoms. The number of rotatable bonds is 4. The monoisotopic (exact) mass is 377 g/mol. The summed E-state index contributed by atoms with van der Waals surface area (Å²) in [6, 6.07) is 15.0. The zero-order valence-corrected chi connectivity index (χ0v) is 16.1. The van der Waals surface area contributed by atoms with E-state index >= 15 is 0 Å². The third kappa shape index (κ3) is 3.63. The summed E-state index contributed by atoms with van der Waals surface area (Å²) in [5.41, 5.74) is 2.71. The summed E-state index contributed by atoms with van der Waals surface area (Å²) in [5, 5.41) is 4.14. The Bertz CT molecular complexity index is 948. The summed E-state index contributed by atoms with van der Waals surface area (Å²) in [5.74, 6) is 1.75. The van der Waals surface area contributed by atoms with Gasteiger partial charge in [0.25, 0.3) is 5.91 Å². The molecule has 1 fully saturated rings. The van der Waals surface area contributed by atoms with E-state index < -0.39 is 0 Å². The van der Waals surface area contributed by atoms with Crippen molar-refractivity contribution in [1.29, 1.82) is 0 Å². The van der Waals surface area contributed by atoms with Crippen LogP contribution in [0.3, 0.4) is 0 Å². The molecular formula is C22H23N3O3. The number of carbonyl (C=O) groups is 1. The molecule has 0 bridgehead atoms. The van der Waals surface area contributed by atoms with Crippen LogP contribution in [0.5, 0.6) is 5.75 Å². The fourth-order valence-corrected chi connectivity index (χ4v) is 3.52. The molecule has 2 heterocycles. The van der Waals surface area contributed by atoms with Gasteiger partial charge >= 0.3 is 0 Å². The lowest BCUT2D eigenvalue weighted by molar-refractivity contribution is 0.0561. The second-order valence-corrected chi connectivity index (χ2v) is 7.06. The molecule has 2 aromatic carbocycles. The number of hydrogen-bond acceptors (Lipinski definition) is 5. The van der Waals surface area contributed by atoms with Gasteiger partial charge in [-0.15, -0.1) is 0 Å². The van der Waals surface area contributed by atoms with Crippen LogP contribution in [0.25, 0.3) is 11.4 Å². The summed E-state index contributed by atoms with van der Waals surface area (Å²) in [6.07, 6.45) is 2.81. The number of likely N-dealkylation sites (tertiary alicyclic amines) is 1. The van der Waals surface area contributed by atoms with Crippen LogP contribution in [0.1, 0.15) is 47.1 Å². The number of aromatic nitrogens is 2. The normalized spacial score (nSPS) is 16.8. The molecule has 4 rings (SSSR count). The molecular weight excluding hydrogens is 354 g/mol. The fourth-order valence-electron chi connectivity index (χ4n) is 3.52. The van der Waals surface area contributed by atoms with Gasteiger partial charge in [-0.25, -0.2) is 0 Å². The largest absolute Gasteiger partial charge is 0.497 e. The molecule has 1 aromatic heterocycles. The van der Waals surface area contributed by atoms with Gasteiger partial charge in [0, 0.05) is 17.7 Å². The van der Waals surface area contributed by atoms with E-state index in [1.54, 1.807) is 31.4 Å². The second-order valence-electron chi connectivity index (χ2n) is 7.06. The van der Waals surface area contributed by atoms with Crippen LogP contribution in [0, 0.1) is 6.92 Å². The Kier molecular flexibility index (Phi) is 5.10. The highest BCUT2D eigenvalue weighted by molar-refractivity contribution is 5.94. The fraction of sp³-hybridized carbons (Fsp3) is 0.318. The number of carbonyl (C=O) groups excluding carboxylic acids is 1. The van der Waals surface area contributed by atoms with E-state index in [1.807, 2.05) is 36.1 Å². The van der Waals surface area contributed by atoms with Crippen LogP contribution < -0.4 is 4.74 Å². The first-order valence-electron chi connectivity index (χ1n) is 9.51. The van der Waals surface area contributed by atoms with E-state index in [0.717, 1.165) is 30.6 Å². The molecule has 28 heavy (non-hydrogen) atoms. The van der Waals surface area contributed by atoms with Crippen molar-refractivity contribution in [2.24, 2.45) is 0 Å².